The van der Waals surface area contributed by atoms with Crippen molar-refractivity contribution in [3.63, 3.8) is 0 Å². The molecule has 31 heavy (non-hydrogen) atoms. The number of aromatic nitrogens is 5. The Morgan fingerprint density at radius 2 is 1.77 bits per heavy atom. The van der Waals surface area contributed by atoms with Crippen molar-refractivity contribution in [2.24, 2.45) is 7.05 Å². The van der Waals surface area contributed by atoms with E-state index in [1.165, 1.54) is 35.9 Å². The fraction of sp³-hybridized carbons (Fsp3) is 0.333. The van der Waals surface area contributed by atoms with E-state index >= 15 is 0 Å². The Kier molecular flexibility index (Phi) is 5.00. The van der Waals surface area contributed by atoms with Gasteiger partial charge in [-0.15, -0.1) is 0 Å². The highest BCUT2D eigenvalue weighted by molar-refractivity contribution is 5.77. The van der Waals surface area contributed by atoms with E-state index in [-0.39, 0.29) is 30.9 Å². The smallest absolute Gasteiger partial charge is 0.332 e. The number of fused-ring (bicyclic) bond motifs is 3. The van der Waals surface area contributed by atoms with Gasteiger partial charge in [0.05, 0.1) is 13.2 Å². The van der Waals surface area contributed by atoms with E-state index in [1.54, 1.807) is 15.9 Å². The minimum Gasteiger partial charge on any atom is -0.465 e. The van der Waals surface area contributed by atoms with Crippen LogP contribution < -0.4 is 11.2 Å². The second kappa shape index (κ2) is 7.53. The summed E-state index contributed by atoms with van der Waals surface area (Å²) in [6, 6.07) is 5.62. The van der Waals surface area contributed by atoms with Gasteiger partial charge in [0.2, 0.25) is 5.78 Å². The molecule has 0 bridgehead atoms. The first kappa shape index (κ1) is 20.6. The van der Waals surface area contributed by atoms with Crippen LogP contribution in [0.4, 0.5) is 4.39 Å². The molecule has 3 aromatic heterocycles. The third kappa shape index (κ3) is 3.24. The lowest BCUT2D eigenvalue weighted by molar-refractivity contribution is -0.143. The van der Waals surface area contributed by atoms with Gasteiger partial charge in [0, 0.05) is 18.4 Å². The van der Waals surface area contributed by atoms with Crippen molar-refractivity contribution in [3.05, 3.63) is 67.9 Å². The molecule has 0 spiro atoms. The molecule has 0 amide bonds. The number of esters is 1. The summed E-state index contributed by atoms with van der Waals surface area (Å²) in [6.07, 6.45) is 0. The number of carbonyl (C=O) groups is 1. The van der Waals surface area contributed by atoms with Crippen LogP contribution in [-0.4, -0.2) is 35.7 Å². The standard InChI is InChI=1S/C21H22FN5O4/c1-5-31-16(28)11-25-12(2)13(3)27-17-18(23-20(25)27)24(4)21(30)26(19(17)29)10-14-6-8-15(22)9-7-14/h6-9H,5,10-11H2,1-4H3. The summed E-state index contributed by atoms with van der Waals surface area (Å²) in [5.41, 5.74) is 1.53. The molecule has 0 atom stereocenters. The molecule has 0 fully saturated rings. The van der Waals surface area contributed by atoms with E-state index in [4.69, 9.17) is 4.74 Å². The van der Waals surface area contributed by atoms with Gasteiger partial charge in [0.15, 0.2) is 11.2 Å². The fourth-order valence-electron chi connectivity index (χ4n) is 3.75. The molecular weight excluding hydrogens is 405 g/mol. The van der Waals surface area contributed by atoms with Gasteiger partial charge >= 0.3 is 11.7 Å². The number of aryl methyl sites for hydroxylation is 2. The molecular formula is C21H22FN5O4. The van der Waals surface area contributed by atoms with Gasteiger partial charge in [-0.1, -0.05) is 12.1 Å². The third-order valence-electron chi connectivity index (χ3n) is 5.48. The van der Waals surface area contributed by atoms with Crippen LogP contribution >= 0.6 is 0 Å². The molecule has 0 aliphatic rings. The summed E-state index contributed by atoms with van der Waals surface area (Å²) in [5, 5.41) is 0. The Morgan fingerprint density at radius 3 is 2.42 bits per heavy atom. The number of hydrogen-bond donors (Lipinski definition) is 0. The van der Waals surface area contributed by atoms with E-state index in [0.29, 0.717) is 11.3 Å². The summed E-state index contributed by atoms with van der Waals surface area (Å²) >= 11 is 0. The van der Waals surface area contributed by atoms with Crippen LogP contribution in [0.25, 0.3) is 16.9 Å². The molecule has 1 aromatic carbocycles. The molecule has 3 heterocycles. The number of rotatable bonds is 5. The number of nitrogens with zero attached hydrogens (tertiary/aromatic N) is 5. The average molecular weight is 427 g/mol. The van der Waals surface area contributed by atoms with Gasteiger partial charge in [-0.25, -0.2) is 9.18 Å². The van der Waals surface area contributed by atoms with Crippen molar-refractivity contribution in [1.29, 1.82) is 0 Å². The number of halogens is 1. The monoisotopic (exact) mass is 427 g/mol. The summed E-state index contributed by atoms with van der Waals surface area (Å²) in [6.45, 7) is 5.57. The zero-order chi connectivity index (χ0) is 22.4. The molecule has 0 saturated carbocycles. The molecule has 9 nitrogen and oxygen atoms in total. The largest absolute Gasteiger partial charge is 0.465 e. The third-order valence-corrected chi connectivity index (χ3v) is 5.48. The summed E-state index contributed by atoms with van der Waals surface area (Å²) < 4.78 is 24.0. The zero-order valence-corrected chi connectivity index (χ0v) is 17.7. The van der Waals surface area contributed by atoms with Crippen molar-refractivity contribution < 1.29 is 13.9 Å². The Balaban J connectivity index is 1.97. The van der Waals surface area contributed by atoms with Crippen LogP contribution in [0.3, 0.4) is 0 Å². The van der Waals surface area contributed by atoms with E-state index in [2.05, 4.69) is 4.98 Å². The van der Waals surface area contributed by atoms with Gasteiger partial charge in [-0.2, -0.15) is 4.98 Å². The lowest BCUT2D eigenvalue weighted by Crippen LogP contribution is -2.39. The molecule has 10 heteroatoms. The summed E-state index contributed by atoms with van der Waals surface area (Å²) in [5.74, 6) is -0.437. The maximum absolute atomic E-state index is 13.4. The molecule has 0 unspecified atom stereocenters. The van der Waals surface area contributed by atoms with Gasteiger partial charge in [-0.05, 0) is 38.5 Å². The average Bonchev–Trinajstić information content (AvgIpc) is 3.23. The van der Waals surface area contributed by atoms with E-state index in [9.17, 15) is 18.8 Å². The SMILES string of the molecule is CCOC(=O)Cn1c(C)c(C)n2c3c(=O)n(Cc4ccc(F)cc4)c(=O)n(C)c3nc12. The molecule has 0 aliphatic heterocycles. The molecule has 0 N–H and O–H groups in total. The summed E-state index contributed by atoms with van der Waals surface area (Å²) in [7, 11) is 1.54. The van der Waals surface area contributed by atoms with Crippen LogP contribution in [0.15, 0.2) is 33.9 Å². The Labute approximate surface area is 175 Å². The number of imidazole rings is 2. The maximum atomic E-state index is 13.4. The minimum atomic E-state index is -0.533. The van der Waals surface area contributed by atoms with Crippen LogP contribution in [0.5, 0.6) is 0 Å². The lowest BCUT2D eigenvalue weighted by Gasteiger charge is -2.09. The highest BCUT2D eigenvalue weighted by Gasteiger charge is 2.23. The maximum Gasteiger partial charge on any atom is 0.332 e. The first-order valence-electron chi connectivity index (χ1n) is 9.82. The predicted octanol–water partition coefficient (Wildman–Crippen LogP) is 1.52. The topological polar surface area (TPSA) is 92.5 Å². The van der Waals surface area contributed by atoms with Gasteiger partial charge in [0.1, 0.15) is 12.4 Å². The van der Waals surface area contributed by atoms with Crippen LogP contribution in [-0.2, 0) is 29.7 Å². The molecule has 0 radical (unpaired) electrons. The van der Waals surface area contributed by atoms with Gasteiger partial charge < -0.3 is 9.30 Å². The van der Waals surface area contributed by atoms with Crippen molar-refractivity contribution in [3.8, 4) is 0 Å². The van der Waals surface area contributed by atoms with Crippen LogP contribution in [0, 0.1) is 19.7 Å². The zero-order valence-electron chi connectivity index (χ0n) is 17.7. The van der Waals surface area contributed by atoms with Crippen LogP contribution in [0.1, 0.15) is 23.9 Å². The normalized spacial score (nSPS) is 11.5. The highest BCUT2D eigenvalue weighted by atomic mass is 19.1. The van der Waals surface area contributed by atoms with Crippen LogP contribution in [0.2, 0.25) is 0 Å². The Hall–Kier alpha value is -3.69. The van der Waals surface area contributed by atoms with Crippen molar-refractivity contribution >= 4 is 22.9 Å². The molecule has 0 saturated heterocycles. The van der Waals surface area contributed by atoms with E-state index in [0.717, 1.165) is 16.0 Å². The highest BCUT2D eigenvalue weighted by Crippen LogP contribution is 2.20. The first-order valence-corrected chi connectivity index (χ1v) is 9.82. The predicted molar refractivity (Wildman–Crippen MR) is 112 cm³/mol. The van der Waals surface area contributed by atoms with Crippen molar-refractivity contribution in [2.75, 3.05) is 6.61 Å². The number of benzene rings is 1. The van der Waals surface area contributed by atoms with Gasteiger partial charge in [-0.3, -0.25) is 23.1 Å². The molecule has 162 valence electrons. The molecule has 4 rings (SSSR count). The second-order valence-corrected chi connectivity index (χ2v) is 7.34. The Morgan fingerprint density at radius 1 is 1.10 bits per heavy atom. The van der Waals surface area contributed by atoms with Crippen molar-refractivity contribution in [1.82, 2.24) is 23.1 Å². The summed E-state index contributed by atoms with van der Waals surface area (Å²) in [4.78, 5) is 42.8. The lowest BCUT2D eigenvalue weighted by atomic mass is 10.2. The van der Waals surface area contributed by atoms with Gasteiger partial charge in [0.25, 0.3) is 5.56 Å². The number of ether oxygens (including phenoxy) is 1. The van der Waals surface area contributed by atoms with Crippen molar-refractivity contribution in [2.45, 2.75) is 33.9 Å². The second-order valence-electron chi connectivity index (χ2n) is 7.34. The molecule has 4 aromatic rings. The minimum absolute atomic E-state index is 0.00345. The fourth-order valence-corrected chi connectivity index (χ4v) is 3.75. The first-order chi connectivity index (χ1) is 14.7. The Bertz CT molecular complexity index is 1440. The quantitative estimate of drug-likeness (QED) is 0.450. The number of carbonyl (C=O) groups excluding carboxylic acids is 1. The molecule has 0 aliphatic carbocycles. The number of hydrogen-bond acceptors (Lipinski definition) is 5. The van der Waals surface area contributed by atoms with E-state index in [1.807, 2.05) is 13.8 Å². The van der Waals surface area contributed by atoms with E-state index < -0.39 is 23.0 Å².